The minimum atomic E-state index is -0.671. The van der Waals surface area contributed by atoms with E-state index in [-0.39, 0.29) is 36.0 Å². The van der Waals surface area contributed by atoms with Gasteiger partial charge in [0.15, 0.2) is 0 Å². The predicted molar refractivity (Wildman–Crippen MR) is 160 cm³/mol. The summed E-state index contributed by atoms with van der Waals surface area (Å²) in [6, 6.07) is 16.2. The zero-order valence-corrected chi connectivity index (χ0v) is 24.7. The van der Waals surface area contributed by atoms with Gasteiger partial charge in [0.05, 0.1) is 29.0 Å². The highest BCUT2D eigenvalue weighted by Crippen LogP contribution is 2.36. The van der Waals surface area contributed by atoms with E-state index in [1.807, 2.05) is 26.0 Å². The van der Waals surface area contributed by atoms with Gasteiger partial charge in [0.25, 0.3) is 0 Å². The molecular weight excluding hydrogens is 505 g/mol. The van der Waals surface area contributed by atoms with E-state index in [9.17, 15) is 9.90 Å². The van der Waals surface area contributed by atoms with Gasteiger partial charge in [-0.2, -0.15) is 5.10 Å². The molecule has 2 fully saturated rings. The highest BCUT2D eigenvalue weighted by atomic mass is 16.7. The largest absolute Gasteiger partial charge is 0.494 e. The van der Waals surface area contributed by atoms with Gasteiger partial charge in [-0.1, -0.05) is 26.0 Å². The highest BCUT2D eigenvalue weighted by Gasteiger charge is 2.51. The monoisotopic (exact) mass is 547 g/mol. The van der Waals surface area contributed by atoms with Gasteiger partial charge in [-0.25, -0.2) is 14.0 Å². The van der Waals surface area contributed by atoms with Crippen LogP contribution in [0.5, 0.6) is 0 Å². The van der Waals surface area contributed by atoms with Crippen LogP contribution in [0, 0.1) is 5.92 Å². The van der Waals surface area contributed by atoms with E-state index in [1.165, 1.54) is 21.3 Å². The van der Waals surface area contributed by atoms with Crippen molar-refractivity contribution >= 4 is 24.0 Å². The Hall–Kier alpha value is -3.08. The average molecular weight is 548 g/mol. The van der Waals surface area contributed by atoms with Crippen molar-refractivity contribution in [1.29, 1.82) is 0 Å². The van der Waals surface area contributed by atoms with E-state index >= 15 is 0 Å². The van der Waals surface area contributed by atoms with Crippen LogP contribution in [0.4, 0.5) is 11.4 Å². The number of nitrogens with zero attached hydrogens (tertiary/aromatic N) is 5. The van der Waals surface area contributed by atoms with Crippen LogP contribution in [0.2, 0.25) is 0 Å². The predicted octanol–water partition coefficient (Wildman–Crippen LogP) is 3.24. The second kappa shape index (κ2) is 10.7. The third-order valence-electron chi connectivity index (χ3n) is 8.71. The summed E-state index contributed by atoms with van der Waals surface area (Å²) in [4.78, 5) is 17.8. The van der Waals surface area contributed by atoms with Gasteiger partial charge in [0.2, 0.25) is 0 Å². The number of hydrogen-bond donors (Lipinski definition) is 1. The van der Waals surface area contributed by atoms with E-state index in [4.69, 9.17) is 9.31 Å². The van der Waals surface area contributed by atoms with E-state index in [0.29, 0.717) is 0 Å². The molecule has 2 saturated heterocycles. The zero-order valence-electron chi connectivity index (χ0n) is 24.7. The molecule has 3 heterocycles. The van der Waals surface area contributed by atoms with Crippen molar-refractivity contribution in [3.8, 4) is 5.69 Å². The Labute approximate surface area is 237 Å². The van der Waals surface area contributed by atoms with Crippen molar-refractivity contribution in [1.82, 2.24) is 14.3 Å². The maximum Gasteiger partial charge on any atom is 0.494 e. The summed E-state index contributed by atoms with van der Waals surface area (Å²) in [6.45, 7) is 17.6. The molecular formula is C30H42BN5O4. The van der Waals surface area contributed by atoms with Gasteiger partial charge in [-0.05, 0) is 82.4 Å². The van der Waals surface area contributed by atoms with Crippen molar-refractivity contribution in [3.05, 3.63) is 65.3 Å². The summed E-state index contributed by atoms with van der Waals surface area (Å²) in [5.74, 6) is 0.0789. The van der Waals surface area contributed by atoms with E-state index in [1.54, 1.807) is 6.92 Å². The summed E-state index contributed by atoms with van der Waals surface area (Å²) >= 11 is 0. The molecule has 2 aromatic carbocycles. The third kappa shape index (κ3) is 5.32. The van der Waals surface area contributed by atoms with Crippen LogP contribution < -0.4 is 21.0 Å². The quantitative estimate of drug-likeness (QED) is 0.455. The normalized spacial score (nSPS) is 20.3. The average Bonchev–Trinajstić information content (AvgIpc) is 3.38. The van der Waals surface area contributed by atoms with Crippen LogP contribution in [-0.4, -0.2) is 70.1 Å². The molecule has 0 bridgehead atoms. The van der Waals surface area contributed by atoms with E-state index in [0.717, 1.165) is 43.0 Å². The Morgan fingerprint density at radius 1 is 0.800 bits per heavy atom. The van der Waals surface area contributed by atoms with Crippen molar-refractivity contribution in [2.45, 2.75) is 71.8 Å². The van der Waals surface area contributed by atoms with Crippen molar-refractivity contribution < 1.29 is 14.4 Å². The maximum absolute atomic E-state index is 13.1. The van der Waals surface area contributed by atoms with Crippen molar-refractivity contribution in [2.75, 3.05) is 36.0 Å². The second-order valence-electron chi connectivity index (χ2n) is 12.4. The molecule has 214 valence electrons. The zero-order chi connectivity index (χ0) is 28.8. The summed E-state index contributed by atoms with van der Waals surface area (Å²) in [5.41, 5.74) is 3.18. The molecule has 2 unspecified atom stereocenters. The molecule has 2 aliphatic heterocycles. The number of aromatic nitrogens is 3. The molecule has 40 heavy (non-hydrogen) atoms. The van der Waals surface area contributed by atoms with Gasteiger partial charge < -0.3 is 24.2 Å². The number of aliphatic hydroxyl groups is 1. The number of piperazine rings is 1. The van der Waals surface area contributed by atoms with Gasteiger partial charge in [-0.15, -0.1) is 0 Å². The Kier molecular flexibility index (Phi) is 7.63. The summed E-state index contributed by atoms with van der Waals surface area (Å²) in [5, 5.41) is 14.5. The summed E-state index contributed by atoms with van der Waals surface area (Å²) in [7, 11) is -0.348. The Morgan fingerprint density at radius 3 is 1.70 bits per heavy atom. The number of aliphatic hydroxyl groups excluding tert-OH is 1. The van der Waals surface area contributed by atoms with Gasteiger partial charge in [-0.3, -0.25) is 0 Å². The standard InChI is InChI=1S/C30H42BN5O4/c1-21(2)27(22(3)37)36-28(38)35(20-32-36)26-14-12-25(13-15-26)34-18-16-33(17-19-34)24-10-8-23(9-11-24)31-39-29(4,5)30(6,7)40-31/h8-15,20-22,27,37H,16-19H2,1-7H3. The smallest absolute Gasteiger partial charge is 0.399 e. The molecule has 3 aromatic rings. The number of benzene rings is 2. The SMILES string of the molecule is CC(C)C(C(C)O)n1ncn(-c2ccc(N3CCN(c4ccc(B5OC(C)(C)C(C)(C)O5)cc4)CC3)cc2)c1=O. The highest BCUT2D eigenvalue weighted by molar-refractivity contribution is 6.62. The number of hydrogen-bond acceptors (Lipinski definition) is 7. The van der Waals surface area contributed by atoms with Crippen LogP contribution >= 0.6 is 0 Å². The molecule has 0 radical (unpaired) electrons. The third-order valence-corrected chi connectivity index (χ3v) is 8.71. The molecule has 2 aliphatic rings. The van der Waals surface area contributed by atoms with Gasteiger partial charge in [0.1, 0.15) is 6.33 Å². The fourth-order valence-electron chi connectivity index (χ4n) is 5.61. The molecule has 9 nitrogen and oxygen atoms in total. The van der Waals surface area contributed by atoms with Crippen LogP contribution in [0.1, 0.15) is 54.5 Å². The molecule has 5 rings (SSSR count). The Balaban J connectivity index is 1.20. The van der Waals surface area contributed by atoms with E-state index in [2.05, 4.69) is 79.0 Å². The Bertz CT molecular complexity index is 1330. The maximum atomic E-state index is 13.1. The fourth-order valence-corrected chi connectivity index (χ4v) is 5.61. The fraction of sp³-hybridized carbons (Fsp3) is 0.533. The molecule has 0 amide bonds. The van der Waals surface area contributed by atoms with Crippen LogP contribution in [0.25, 0.3) is 5.69 Å². The molecule has 2 atom stereocenters. The first-order chi connectivity index (χ1) is 18.9. The first-order valence-electron chi connectivity index (χ1n) is 14.3. The lowest BCUT2D eigenvalue weighted by Crippen LogP contribution is -2.46. The number of rotatable bonds is 7. The topological polar surface area (TPSA) is 85.0 Å². The lowest BCUT2D eigenvalue weighted by Gasteiger charge is -2.37. The lowest BCUT2D eigenvalue weighted by molar-refractivity contribution is 0.00578. The summed E-state index contributed by atoms with van der Waals surface area (Å²) in [6.07, 6.45) is 0.862. The molecule has 0 spiro atoms. The van der Waals surface area contributed by atoms with Crippen molar-refractivity contribution in [2.24, 2.45) is 5.92 Å². The first-order valence-corrected chi connectivity index (χ1v) is 14.3. The Morgan fingerprint density at radius 2 is 1.25 bits per heavy atom. The number of anilines is 2. The van der Waals surface area contributed by atoms with Gasteiger partial charge in [0, 0.05) is 37.6 Å². The molecule has 0 saturated carbocycles. The van der Waals surface area contributed by atoms with E-state index < -0.39 is 6.10 Å². The summed E-state index contributed by atoms with van der Waals surface area (Å²) < 4.78 is 15.3. The van der Waals surface area contributed by atoms with Crippen molar-refractivity contribution in [3.63, 3.8) is 0 Å². The van der Waals surface area contributed by atoms with Crippen LogP contribution in [0.15, 0.2) is 59.7 Å². The molecule has 1 aromatic heterocycles. The van der Waals surface area contributed by atoms with Crippen LogP contribution in [-0.2, 0) is 9.31 Å². The molecule has 0 aliphatic carbocycles. The minimum absolute atomic E-state index is 0.0789. The lowest BCUT2D eigenvalue weighted by atomic mass is 9.79. The minimum Gasteiger partial charge on any atom is -0.399 e. The second-order valence-corrected chi connectivity index (χ2v) is 12.4. The van der Waals surface area contributed by atoms with Crippen LogP contribution in [0.3, 0.4) is 0 Å². The molecule has 10 heteroatoms. The first kappa shape index (κ1) is 28.5. The molecule has 1 N–H and O–H groups in total. The van der Waals surface area contributed by atoms with Gasteiger partial charge >= 0.3 is 12.8 Å².